The third-order valence-electron chi connectivity index (χ3n) is 4.63. The number of rotatable bonds is 8. The molecule has 0 aromatic heterocycles. The molecule has 1 aliphatic rings. The van der Waals surface area contributed by atoms with Gasteiger partial charge in [0.05, 0.1) is 25.3 Å². The molecule has 1 heterocycles. The van der Waals surface area contributed by atoms with E-state index >= 15 is 0 Å². The maximum absolute atomic E-state index is 12.7. The molecular weight excluding hydrogens is 399 g/mol. The number of hydrogen-bond acceptors (Lipinski definition) is 3. The molecule has 5 nitrogen and oxygen atoms in total. The van der Waals surface area contributed by atoms with Gasteiger partial charge < -0.3 is 10.1 Å². The van der Waals surface area contributed by atoms with E-state index in [1.54, 1.807) is 36.4 Å². The summed E-state index contributed by atoms with van der Waals surface area (Å²) < 4.78 is 5.55. The zero-order valence-corrected chi connectivity index (χ0v) is 17.2. The van der Waals surface area contributed by atoms with Gasteiger partial charge >= 0.3 is 0 Å². The molecule has 2 aromatic carbocycles. The third kappa shape index (κ3) is 4.85. The Kier molecular flexibility index (Phi) is 6.94. The number of quaternary nitrogens is 1. The van der Waals surface area contributed by atoms with Gasteiger partial charge in [-0.1, -0.05) is 36.2 Å². The second-order valence-electron chi connectivity index (χ2n) is 6.73. The van der Waals surface area contributed by atoms with Gasteiger partial charge in [0.25, 0.3) is 5.91 Å². The van der Waals surface area contributed by atoms with E-state index in [9.17, 15) is 9.59 Å². The number of nitrogens with zero attached hydrogens (tertiary/aromatic N) is 1. The van der Waals surface area contributed by atoms with E-state index in [2.05, 4.69) is 0 Å². The number of carbonyl (C=O) groups excluding carboxylic acids is 2. The van der Waals surface area contributed by atoms with Gasteiger partial charge in [0.15, 0.2) is 6.04 Å². The molecule has 2 N–H and O–H groups in total. The predicted octanol–water partition coefficient (Wildman–Crippen LogP) is 3.22. The lowest BCUT2D eigenvalue weighted by atomic mass is 10.1. The fourth-order valence-electron chi connectivity index (χ4n) is 3.19. The van der Waals surface area contributed by atoms with Crippen LogP contribution in [0.5, 0.6) is 5.75 Å². The van der Waals surface area contributed by atoms with Crippen LogP contribution in [0.4, 0.5) is 5.69 Å². The molecule has 148 valence electrons. The number of amides is 2. The summed E-state index contributed by atoms with van der Waals surface area (Å²) in [5.41, 5.74) is 1.55. The fraction of sp³-hybridized carbons (Fsp3) is 0.333. The van der Waals surface area contributed by atoms with Crippen LogP contribution in [-0.4, -0.2) is 31.0 Å². The SMILES string of the molecule is CCCOc1ccc(N2C(=O)C[C@@H]([NH2+]CCc3ccc(Cl)cc3Cl)C2=O)cc1. The molecule has 1 saturated heterocycles. The summed E-state index contributed by atoms with van der Waals surface area (Å²) in [6, 6.07) is 12.0. The van der Waals surface area contributed by atoms with Crippen molar-refractivity contribution >= 4 is 40.7 Å². The van der Waals surface area contributed by atoms with E-state index in [1.807, 2.05) is 18.3 Å². The molecule has 28 heavy (non-hydrogen) atoms. The predicted molar refractivity (Wildman–Crippen MR) is 110 cm³/mol. The minimum absolute atomic E-state index is 0.182. The summed E-state index contributed by atoms with van der Waals surface area (Å²) in [4.78, 5) is 26.4. The average molecular weight is 422 g/mol. The number of imide groups is 1. The Bertz CT molecular complexity index is 855. The van der Waals surface area contributed by atoms with Gasteiger partial charge in [0.2, 0.25) is 5.91 Å². The number of ether oxygens (including phenoxy) is 1. The van der Waals surface area contributed by atoms with E-state index in [1.165, 1.54) is 4.90 Å². The van der Waals surface area contributed by atoms with Crippen molar-refractivity contribution in [1.82, 2.24) is 0 Å². The summed E-state index contributed by atoms with van der Waals surface area (Å²) in [5.74, 6) is 0.361. The number of hydrogen-bond donors (Lipinski definition) is 1. The summed E-state index contributed by atoms with van der Waals surface area (Å²) in [7, 11) is 0. The topological polar surface area (TPSA) is 63.2 Å². The van der Waals surface area contributed by atoms with E-state index in [-0.39, 0.29) is 18.2 Å². The molecular formula is C21H23Cl2N2O3+. The molecule has 0 bridgehead atoms. The summed E-state index contributed by atoms with van der Waals surface area (Å²) in [5, 5.41) is 3.11. The highest BCUT2D eigenvalue weighted by atomic mass is 35.5. The highest BCUT2D eigenvalue weighted by Gasteiger charge is 2.42. The highest BCUT2D eigenvalue weighted by Crippen LogP contribution is 2.25. The Morgan fingerprint density at radius 3 is 2.57 bits per heavy atom. The van der Waals surface area contributed by atoms with Crippen molar-refractivity contribution < 1.29 is 19.6 Å². The first-order valence-corrected chi connectivity index (χ1v) is 10.1. The standard InChI is InChI=1S/C21H22Cl2N2O3/c1-2-11-28-17-7-5-16(6-8-17)25-20(26)13-19(21(25)27)24-10-9-14-3-4-15(22)12-18(14)23/h3-8,12,19,24H,2,9-11,13H2,1H3/p+1/t19-/m1/s1. The highest BCUT2D eigenvalue weighted by molar-refractivity contribution is 6.35. The fourth-order valence-corrected chi connectivity index (χ4v) is 3.69. The Labute approximate surface area is 174 Å². The first-order valence-electron chi connectivity index (χ1n) is 9.36. The zero-order valence-electron chi connectivity index (χ0n) is 15.7. The number of nitrogens with two attached hydrogens (primary N) is 1. The zero-order chi connectivity index (χ0) is 20.1. The molecule has 2 amide bonds. The van der Waals surface area contributed by atoms with Crippen molar-refractivity contribution in [2.45, 2.75) is 32.2 Å². The number of halogens is 2. The van der Waals surface area contributed by atoms with Gasteiger partial charge in [-0.2, -0.15) is 0 Å². The minimum Gasteiger partial charge on any atom is -0.494 e. The van der Waals surface area contributed by atoms with Gasteiger partial charge in [0, 0.05) is 16.5 Å². The van der Waals surface area contributed by atoms with Gasteiger partial charge in [-0.25, -0.2) is 4.90 Å². The smallest absolute Gasteiger partial charge is 0.292 e. The van der Waals surface area contributed by atoms with E-state index < -0.39 is 6.04 Å². The van der Waals surface area contributed by atoms with Gasteiger partial charge in [-0.3, -0.25) is 9.59 Å². The molecule has 0 radical (unpaired) electrons. The van der Waals surface area contributed by atoms with Crippen molar-refractivity contribution in [3.05, 3.63) is 58.1 Å². The first-order chi connectivity index (χ1) is 13.5. The summed E-state index contributed by atoms with van der Waals surface area (Å²) in [6.07, 6.45) is 1.81. The second-order valence-corrected chi connectivity index (χ2v) is 7.57. The molecule has 7 heteroatoms. The van der Waals surface area contributed by atoms with Crippen molar-refractivity contribution in [3.8, 4) is 5.75 Å². The van der Waals surface area contributed by atoms with Crippen LogP contribution in [0.25, 0.3) is 0 Å². The van der Waals surface area contributed by atoms with Crippen molar-refractivity contribution in [2.75, 3.05) is 18.1 Å². The number of benzene rings is 2. The van der Waals surface area contributed by atoms with Gasteiger partial charge in [0.1, 0.15) is 5.75 Å². The lowest BCUT2D eigenvalue weighted by Crippen LogP contribution is -2.92. The maximum Gasteiger partial charge on any atom is 0.292 e. The second kappa shape index (κ2) is 9.41. The van der Waals surface area contributed by atoms with Crippen LogP contribution in [0, 0.1) is 0 Å². The van der Waals surface area contributed by atoms with Gasteiger partial charge in [-0.15, -0.1) is 0 Å². The van der Waals surface area contributed by atoms with Crippen LogP contribution < -0.4 is 15.0 Å². The monoisotopic (exact) mass is 421 g/mol. The molecule has 1 atom stereocenters. The molecule has 0 aliphatic carbocycles. The van der Waals surface area contributed by atoms with E-state index in [0.29, 0.717) is 35.3 Å². The Balaban J connectivity index is 1.58. The molecule has 3 rings (SSSR count). The number of anilines is 1. The van der Waals surface area contributed by atoms with E-state index in [4.69, 9.17) is 27.9 Å². The third-order valence-corrected chi connectivity index (χ3v) is 5.22. The summed E-state index contributed by atoms with van der Waals surface area (Å²) in [6.45, 7) is 3.33. The molecule has 0 unspecified atom stereocenters. The summed E-state index contributed by atoms with van der Waals surface area (Å²) >= 11 is 12.1. The van der Waals surface area contributed by atoms with E-state index in [0.717, 1.165) is 17.7 Å². The van der Waals surface area contributed by atoms with Crippen LogP contribution in [0.1, 0.15) is 25.3 Å². The first kappa shape index (κ1) is 20.6. The lowest BCUT2D eigenvalue weighted by Gasteiger charge is -2.15. The maximum atomic E-state index is 12.7. The lowest BCUT2D eigenvalue weighted by molar-refractivity contribution is -0.674. The number of carbonyl (C=O) groups is 2. The minimum atomic E-state index is -0.408. The molecule has 0 saturated carbocycles. The van der Waals surface area contributed by atoms with Crippen molar-refractivity contribution in [2.24, 2.45) is 0 Å². The molecule has 1 aliphatic heterocycles. The molecule has 1 fully saturated rings. The van der Waals surface area contributed by atoms with Crippen LogP contribution in [0.2, 0.25) is 10.0 Å². The average Bonchev–Trinajstić information content (AvgIpc) is 2.96. The van der Waals surface area contributed by atoms with Crippen molar-refractivity contribution in [1.29, 1.82) is 0 Å². The quantitative estimate of drug-likeness (QED) is 0.665. The van der Waals surface area contributed by atoms with Crippen LogP contribution in [-0.2, 0) is 16.0 Å². The van der Waals surface area contributed by atoms with Crippen LogP contribution in [0.3, 0.4) is 0 Å². The molecule has 2 aromatic rings. The Morgan fingerprint density at radius 1 is 1.14 bits per heavy atom. The van der Waals surface area contributed by atoms with Crippen molar-refractivity contribution in [3.63, 3.8) is 0 Å². The van der Waals surface area contributed by atoms with Crippen LogP contribution in [0.15, 0.2) is 42.5 Å². The Morgan fingerprint density at radius 2 is 1.89 bits per heavy atom. The van der Waals surface area contributed by atoms with Gasteiger partial charge in [-0.05, 0) is 48.4 Å². The largest absolute Gasteiger partial charge is 0.494 e. The normalized spacial score (nSPS) is 16.7. The van der Waals surface area contributed by atoms with Crippen LogP contribution >= 0.6 is 23.2 Å². The molecule has 0 spiro atoms. The Hall–Kier alpha value is -2.08.